The molecular weight excluding hydrogens is 354 g/mol. The minimum Gasteiger partial charge on any atom is -0.423 e. The highest BCUT2D eigenvalue weighted by Gasteiger charge is 2.17. The van der Waals surface area contributed by atoms with E-state index in [9.17, 15) is 18.4 Å². The highest BCUT2D eigenvalue weighted by atomic mass is 19.2. The zero-order valence-corrected chi connectivity index (χ0v) is 14.3. The Kier molecular flexibility index (Phi) is 4.73. The van der Waals surface area contributed by atoms with Crippen LogP contribution in [0.1, 0.15) is 6.92 Å². The van der Waals surface area contributed by atoms with Crippen LogP contribution >= 0.6 is 0 Å². The Labute approximate surface area is 153 Å². The van der Waals surface area contributed by atoms with Crippen molar-refractivity contribution >= 4 is 33.5 Å². The fourth-order valence-corrected chi connectivity index (χ4v) is 2.60. The average Bonchev–Trinajstić information content (AvgIpc) is 2.65. The summed E-state index contributed by atoms with van der Waals surface area (Å²) in [6.45, 7) is 8.23. The maximum absolute atomic E-state index is 14.6. The van der Waals surface area contributed by atoms with Crippen molar-refractivity contribution in [3.63, 3.8) is 0 Å². The van der Waals surface area contributed by atoms with Crippen molar-refractivity contribution in [2.75, 3.05) is 0 Å². The molecule has 0 atom stereocenters. The molecule has 0 aliphatic rings. The van der Waals surface area contributed by atoms with Gasteiger partial charge in [0.05, 0.1) is 0 Å². The maximum Gasteiger partial charge on any atom is 0.338 e. The van der Waals surface area contributed by atoms with Crippen molar-refractivity contribution in [3.8, 4) is 11.5 Å². The fraction of sp³-hybridized carbons (Fsp3) is 0.0476. The van der Waals surface area contributed by atoms with Crippen LogP contribution in [0.15, 0.2) is 61.2 Å². The topological polar surface area (TPSA) is 52.6 Å². The van der Waals surface area contributed by atoms with Crippen LogP contribution in [-0.4, -0.2) is 11.9 Å². The molecule has 6 heteroatoms. The summed E-state index contributed by atoms with van der Waals surface area (Å²) in [5.41, 5.74) is 0.182. The van der Waals surface area contributed by atoms with Crippen molar-refractivity contribution in [2.24, 2.45) is 0 Å². The Bertz CT molecular complexity index is 1130. The van der Waals surface area contributed by atoms with Gasteiger partial charge in [0.15, 0.2) is 11.6 Å². The molecule has 3 aromatic carbocycles. The van der Waals surface area contributed by atoms with E-state index in [2.05, 4.69) is 13.2 Å². The minimum atomic E-state index is -1.10. The number of hydrogen-bond acceptors (Lipinski definition) is 4. The van der Waals surface area contributed by atoms with Crippen molar-refractivity contribution < 1.29 is 27.8 Å². The Hall–Kier alpha value is -3.54. The Morgan fingerprint density at radius 1 is 0.889 bits per heavy atom. The summed E-state index contributed by atoms with van der Waals surface area (Å²) in [6, 6.07) is 8.48. The molecule has 0 radical (unpaired) electrons. The van der Waals surface area contributed by atoms with Crippen molar-refractivity contribution in [1.82, 2.24) is 0 Å². The number of benzene rings is 3. The molecule has 136 valence electrons. The fourth-order valence-electron chi connectivity index (χ4n) is 2.60. The molecule has 0 N–H and O–H groups in total. The first-order chi connectivity index (χ1) is 12.8. The maximum atomic E-state index is 14.6. The number of carbonyl (C=O) groups excluding carboxylic acids is 2. The summed E-state index contributed by atoms with van der Waals surface area (Å²) in [5, 5.41) is 0.754. The van der Waals surface area contributed by atoms with Gasteiger partial charge in [0.25, 0.3) is 0 Å². The Balaban J connectivity index is 2.16. The van der Waals surface area contributed by atoms with E-state index in [4.69, 9.17) is 9.47 Å². The number of hydrogen-bond donors (Lipinski definition) is 0. The second kappa shape index (κ2) is 6.99. The van der Waals surface area contributed by atoms with Crippen LogP contribution in [0, 0.1) is 11.6 Å². The van der Waals surface area contributed by atoms with E-state index in [0.29, 0.717) is 10.8 Å². The first kappa shape index (κ1) is 18.3. The van der Waals surface area contributed by atoms with Crippen LogP contribution in [0.4, 0.5) is 8.78 Å². The molecule has 0 spiro atoms. The molecule has 3 aromatic rings. The van der Waals surface area contributed by atoms with Gasteiger partial charge in [-0.1, -0.05) is 13.2 Å². The molecule has 3 rings (SSSR count). The summed E-state index contributed by atoms with van der Waals surface area (Å²) in [6.07, 6.45) is 0.968. The second-order valence-electron chi connectivity index (χ2n) is 5.84. The minimum absolute atomic E-state index is 0.0390. The van der Waals surface area contributed by atoms with E-state index in [1.54, 1.807) is 0 Å². The van der Waals surface area contributed by atoms with E-state index in [1.807, 2.05) is 0 Å². The van der Waals surface area contributed by atoms with Crippen LogP contribution in [0.5, 0.6) is 11.5 Å². The third-order valence-electron chi connectivity index (χ3n) is 3.88. The second-order valence-corrected chi connectivity index (χ2v) is 5.84. The van der Waals surface area contributed by atoms with E-state index < -0.39 is 23.6 Å². The molecule has 0 heterocycles. The van der Waals surface area contributed by atoms with E-state index >= 15 is 0 Å². The zero-order valence-electron chi connectivity index (χ0n) is 14.3. The lowest BCUT2D eigenvalue weighted by Gasteiger charge is -2.11. The molecule has 0 unspecified atom stereocenters. The molecule has 0 fully saturated rings. The number of fused-ring (bicyclic) bond motifs is 3. The monoisotopic (exact) mass is 368 g/mol. The molecular formula is C21H14F2O4. The third-order valence-corrected chi connectivity index (χ3v) is 3.88. The van der Waals surface area contributed by atoms with Gasteiger partial charge in [-0.25, -0.2) is 18.4 Å². The summed E-state index contributed by atoms with van der Waals surface area (Å²) < 4.78 is 39.2. The predicted molar refractivity (Wildman–Crippen MR) is 97.7 cm³/mol. The highest BCUT2D eigenvalue weighted by Crippen LogP contribution is 2.35. The number of esters is 2. The summed E-state index contributed by atoms with van der Waals surface area (Å²) in [7, 11) is 0. The first-order valence-corrected chi connectivity index (χ1v) is 7.88. The number of ether oxygens (including phenoxy) is 2. The van der Waals surface area contributed by atoms with Crippen molar-refractivity contribution in [1.29, 1.82) is 0 Å². The van der Waals surface area contributed by atoms with Crippen molar-refractivity contribution in [2.45, 2.75) is 6.92 Å². The van der Waals surface area contributed by atoms with Crippen LogP contribution in [-0.2, 0) is 9.59 Å². The van der Waals surface area contributed by atoms with E-state index in [1.165, 1.54) is 43.3 Å². The van der Waals surface area contributed by atoms with Crippen molar-refractivity contribution in [3.05, 3.63) is 72.8 Å². The molecule has 0 aliphatic heterocycles. The van der Waals surface area contributed by atoms with Gasteiger partial charge in [0.1, 0.15) is 11.5 Å². The molecule has 0 amide bonds. The van der Waals surface area contributed by atoms with Gasteiger partial charge in [-0.15, -0.1) is 0 Å². The molecule has 0 aromatic heterocycles. The molecule has 0 saturated carbocycles. The Morgan fingerprint density at radius 3 is 1.81 bits per heavy atom. The SMILES string of the molecule is C=CC(=O)Oc1ccc2c(c1)c(F)c(F)c1cc(OC(=O)C(=C)C)ccc12. The molecule has 0 aliphatic carbocycles. The first-order valence-electron chi connectivity index (χ1n) is 7.88. The van der Waals surface area contributed by atoms with E-state index in [-0.39, 0.29) is 27.8 Å². The molecule has 0 saturated heterocycles. The van der Waals surface area contributed by atoms with Crippen LogP contribution in [0.25, 0.3) is 21.5 Å². The lowest BCUT2D eigenvalue weighted by Crippen LogP contribution is -2.08. The number of halogens is 2. The summed E-state index contributed by atoms with van der Waals surface area (Å²) in [4.78, 5) is 22.9. The van der Waals surface area contributed by atoms with Crippen LogP contribution in [0.3, 0.4) is 0 Å². The number of rotatable bonds is 4. The van der Waals surface area contributed by atoms with Gasteiger partial charge < -0.3 is 9.47 Å². The molecule has 27 heavy (non-hydrogen) atoms. The smallest absolute Gasteiger partial charge is 0.338 e. The van der Waals surface area contributed by atoms with Gasteiger partial charge in [0.2, 0.25) is 0 Å². The quantitative estimate of drug-likeness (QED) is 0.286. The largest absolute Gasteiger partial charge is 0.423 e. The van der Waals surface area contributed by atoms with Crippen LogP contribution in [0.2, 0.25) is 0 Å². The van der Waals surface area contributed by atoms with E-state index in [0.717, 1.165) is 6.08 Å². The lowest BCUT2D eigenvalue weighted by molar-refractivity contribution is -0.130. The van der Waals surface area contributed by atoms with Gasteiger partial charge in [0, 0.05) is 22.4 Å². The normalized spacial score (nSPS) is 10.6. The molecule has 0 bridgehead atoms. The van der Waals surface area contributed by atoms with Gasteiger partial charge in [-0.05, 0) is 54.1 Å². The van der Waals surface area contributed by atoms with Crippen LogP contribution < -0.4 is 9.47 Å². The standard InChI is InChI=1S/C21H14F2O4/c1-4-18(24)26-12-5-7-14-15-8-6-13(27-21(25)11(2)3)10-17(15)20(23)19(22)16(14)9-12/h4-10H,1-2H2,3H3. The predicted octanol–water partition coefficient (Wildman–Crippen LogP) is 4.84. The zero-order chi connectivity index (χ0) is 19.7. The molecule has 4 nitrogen and oxygen atoms in total. The van der Waals surface area contributed by atoms with Gasteiger partial charge in [-0.3, -0.25) is 0 Å². The average molecular weight is 368 g/mol. The number of carbonyl (C=O) groups is 2. The summed E-state index contributed by atoms with van der Waals surface area (Å²) >= 11 is 0. The van der Waals surface area contributed by atoms with Gasteiger partial charge >= 0.3 is 11.9 Å². The third kappa shape index (κ3) is 3.42. The Morgan fingerprint density at radius 2 is 1.37 bits per heavy atom. The lowest BCUT2D eigenvalue weighted by atomic mass is 10.0. The highest BCUT2D eigenvalue weighted by molar-refractivity contribution is 6.09. The van der Waals surface area contributed by atoms with Gasteiger partial charge in [-0.2, -0.15) is 0 Å². The summed E-state index contributed by atoms with van der Waals surface area (Å²) in [5.74, 6) is -3.43.